The molecule has 0 unspecified atom stereocenters. The number of carbonyl (C=O) groups is 2. The number of rotatable bonds is 4. The van der Waals surface area contributed by atoms with Crippen LogP contribution in [0.25, 0.3) is 0 Å². The van der Waals surface area contributed by atoms with E-state index in [9.17, 15) is 22.8 Å². The van der Waals surface area contributed by atoms with E-state index in [2.05, 4.69) is 5.32 Å². The van der Waals surface area contributed by atoms with Crippen LogP contribution >= 0.6 is 11.3 Å². The van der Waals surface area contributed by atoms with Crippen molar-refractivity contribution in [3.05, 3.63) is 51.4 Å². The smallest absolute Gasteiger partial charge is 0.416 e. The fraction of sp³-hybridized carbons (Fsp3) is 0.333. The molecule has 8 heteroatoms. The summed E-state index contributed by atoms with van der Waals surface area (Å²) in [7, 11) is 0. The SMILES string of the molecule is CCOC(=O)c1c(NC(=O)c2ccc(C(F)(F)F)cc2)sc2c1CCC2. The van der Waals surface area contributed by atoms with E-state index in [1.807, 2.05) is 0 Å². The Bertz CT molecular complexity index is 841. The first kappa shape index (κ1) is 18.4. The average molecular weight is 383 g/mol. The van der Waals surface area contributed by atoms with Gasteiger partial charge in [0.25, 0.3) is 5.91 Å². The summed E-state index contributed by atoms with van der Waals surface area (Å²) >= 11 is 1.32. The molecule has 1 amide bonds. The fourth-order valence-corrected chi connectivity index (χ4v) is 4.17. The molecule has 0 atom stereocenters. The van der Waals surface area contributed by atoms with Crippen molar-refractivity contribution in [2.75, 3.05) is 11.9 Å². The molecule has 1 N–H and O–H groups in total. The highest BCUT2D eigenvalue weighted by Crippen LogP contribution is 2.39. The van der Waals surface area contributed by atoms with Gasteiger partial charge in [-0.15, -0.1) is 11.3 Å². The number of carbonyl (C=O) groups excluding carboxylic acids is 2. The van der Waals surface area contributed by atoms with Crippen LogP contribution in [0.5, 0.6) is 0 Å². The van der Waals surface area contributed by atoms with Crippen LogP contribution in [-0.2, 0) is 23.8 Å². The Morgan fingerprint density at radius 1 is 1.19 bits per heavy atom. The maximum absolute atomic E-state index is 12.6. The summed E-state index contributed by atoms with van der Waals surface area (Å²) in [5.74, 6) is -1.06. The molecule has 0 radical (unpaired) electrons. The second-order valence-electron chi connectivity index (χ2n) is 5.81. The van der Waals surface area contributed by atoms with Gasteiger partial charge >= 0.3 is 12.1 Å². The second-order valence-corrected chi connectivity index (χ2v) is 6.92. The number of ether oxygens (including phenoxy) is 1. The van der Waals surface area contributed by atoms with E-state index in [-0.39, 0.29) is 12.2 Å². The van der Waals surface area contributed by atoms with Crippen LogP contribution < -0.4 is 5.32 Å². The molecule has 0 aliphatic heterocycles. The minimum Gasteiger partial charge on any atom is -0.462 e. The number of hydrogen-bond acceptors (Lipinski definition) is 4. The van der Waals surface area contributed by atoms with E-state index in [4.69, 9.17) is 4.74 Å². The molecule has 3 rings (SSSR count). The number of aryl methyl sites for hydroxylation is 1. The molecule has 1 aliphatic carbocycles. The van der Waals surface area contributed by atoms with Gasteiger partial charge in [0.05, 0.1) is 17.7 Å². The number of hydrogen-bond donors (Lipinski definition) is 1. The van der Waals surface area contributed by atoms with Gasteiger partial charge < -0.3 is 10.1 Å². The summed E-state index contributed by atoms with van der Waals surface area (Å²) in [5, 5.41) is 3.04. The number of anilines is 1. The van der Waals surface area contributed by atoms with Gasteiger partial charge in [-0.25, -0.2) is 4.79 Å². The first-order valence-electron chi connectivity index (χ1n) is 8.11. The number of nitrogens with one attached hydrogen (secondary N) is 1. The molecule has 1 aromatic heterocycles. The topological polar surface area (TPSA) is 55.4 Å². The molecule has 0 saturated carbocycles. The zero-order valence-electron chi connectivity index (χ0n) is 13.9. The zero-order chi connectivity index (χ0) is 18.9. The monoisotopic (exact) mass is 383 g/mol. The zero-order valence-corrected chi connectivity index (χ0v) is 14.7. The van der Waals surface area contributed by atoms with E-state index in [0.29, 0.717) is 10.6 Å². The van der Waals surface area contributed by atoms with E-state index in [0.717, 1.165) is 54.0 Å². The lowest BCUT2D eigenvalue weighted by Gasteiger charge is -2.09. The van der Waals surface area contributed by atoms with Crippen LogP contribution in [0, 0.1) is 0 Å². The Morgan fingerprint density at radius 2 is 1.88 bits per heavy atom. The van der Waals surface area contributed by atoms with Gasteiger partial charge in [-0.1, -0.05) is 0 Å². The van der Waals surface area contributed by atoms with E-state index < -0.39 is 23.6 Å². The first-order valence-corrected chi connectivity index (χ1v) is 8.93. The number of halogens is 3. The predicted octanol–water partition coefficient (Wildman–Crippen LogP) is 4.68. The third kappa shape index (κ3) is 3.60. The summed E-state index contributed by atoms with van der Waals surface area (Å²) in [6.45, 7) is 1.92. The third-order valence-electron chi connectivity index (χ3n) is 4.10. The van der Waals surface area contributed by atoms with Crippen molar-refractivity contribution in [1.82, 2.24) is 0 Å². The molecule has 0 spiro atoms. The Kier molecular flexibility index (Phi) is 5.04. The van der Waals surface area contributed by atoms with Crippen LogP contribution in [0.4, 0.5) is 18.2 Å². The van der Waals surface area contributed by atoms with Gasteiger partial charge in [-0.05, 0) is 56.0 Å². The standard InChI is InChI=1S/C18H16F3NO3S/c1-2-25-17(24)14-12-4-3-5-13(12)26-16(14)22-15(23)10-6-8-11(9-7-10)18(19,20)21/h6-9H,2-5H2,1H3,(H,22,23). The van der Waals surface area contributed by atoms with E-state index in [1.54, 1.807) is 6.92 Å². The van der Waals surface area contributed by atoms with Crippen molar-refractivity contribution in [3.8, 4) is 0 Å². The van der Waals surface area contributed by atoms with Crippen molar-refractivity contribution in [2.24, 2.45) is 0 Å². The largest absolute Gasteiger partial charge is 0.462 e. The number of amides is 1. The molecule has 1 aliphatic rings. The Balaban J connectivity index is 1.85. The molecule has 138 valence electrons. The molecule has 0 bridgehead atoms. The highest BCUT2D eigenvalue weighted by Gasteiger charge is 2.31. The van der Waals surface area contributed by atoms with Crippen molar-refractivity contribution < 1.29 is 27.5 Å². The summed E-state index contributed by atoms with van der Waals surface area (Å²) in [4.78, 5) is 25.7. The van der Waals surface area contributed by atoms with Crippen molar-refractivity contribution in [1.29, 1.82) is 0 Å². The molecule has 26 heavy (non-hydrogen) atoms. The number of esters is 1. The van der Waals surface area contributed by atoms with Gasteiger partial charge in [0.15, 0.2) is 0 Å². The molecule has 2 aromatic rings. The normalized spacial score (nSPS) is 13.4. The van der Waals surface area contributed by atoms with Crippen LogP contribution in [0.2, 0.25) is 0 Å². The number of fused-ring (bicyclic) bond motifs is 1. The Labute approximate surface area is 152 Å². The summed E-state index contributed by atoms with van der Waals surface area (Å²) in [5.41, 5.74) is 0.526. The minimum atomic E-state index is -4.46. The number of alkyl halides is 3. The van der Waals surface area contributed by atoms with Crippen LogP contribution in [0.15, 0.2) is 24.3 Å². The molecule has 1 aromatic carbocycles. The van der Waals surface area contributed by atoms with E-state index in [1.165, 1.54) is 11.3 Å². The maximum atomic E-state index is 12.6. The quantitative estimate of drug-likeness (QED) is 0.780. The molecular weight excluding hydrogens is 367 g/mol. The highest BCUT2D eigenvalue weighted by molar-refractivity contribution is 7.17. The Morgan fingerprint density at radius 3 is 2.50 bits per heavy atom. The summed E-state index contributed by atoms with van der Waals surface area (Å²) in [6, 6.07) is 3.94. The predicted molar refractivity (Wildman–Crippen MR) is 91.7 cm³/mol. The van der Waals surface area contributed by atoms with Crippen LogP contribution in [-0.4, -0.2) is 18.5 Å². The lowest BCUT2D eigenvalue weighted by atomic mass is 10.1. The lowest BCUT2D eigenvalue weighted by molar-refractivity contribution is -0.137. The average Bonchev–Trinajstić information content (AvgIpc) is 3.14. The number of thiophene rings is 1. The van der Waals surface area contributed by atoms with Gasteiger partial charge in [-0.2, -0.15) is 13.2 Å². The molecule has 0 saturated heterocycles. The molecule has 1 heterocycles. The van der Waals surface area contributed by atoms with Crippen molar-refractivity contribution >= 4 is 28.2 Å². The van der Waals surface area contributed by atoms with Gasteiger partial charge in [0.1, 0.15) is 5.00 Å². The number of benzene rings is 1. The van der Waals surface area contributed by atoms with Crippen LogP contribution in [0.3, 0.4) is 0 Å². The lowest BCUT2D eigenvalue weighted by Crippen LogP contribution is -2.15. The van der Waals surface area contributed by atoms with Gasteiger partial charge in [0.2, 0.25) is 0 Å². The van der Waals surface area contributed by atoms with E-state index >= 15 is 0 Å². The maximum Gasteiger partial charge on any atom is 0.416 e. The van der Waals surface area contributed by atoms with Crippen molar-refractivity contribution in [3.63, 3.8) is 0 Å². The summed E-state index contributed by atoms with van der Waals surface area (Å²) < 4.78 is 43.0. The first-order chi connectivity index (χ1) is 12.3. The second kappa shape index (κ2) is 7.11. The molecule has 0 fully saturated rings. The third-order valence-corrected chi connectivity index (χ3v) is 5.31. The van der Waals surface area contributed by atoms with Gasteiger partial charge in [0, 0.05) is 10.4 Å². The van der Waals surface area contributed by atoms with Crippen LogP contribution in [0.1, 0.15) is 50.1 Å². The van der Waals surface area contributed by atoms with Gasteiger partial charge in [-0.3, -0.25) is 4.79 Å². The fourth-order valence-electron chi connectivity index (χ4n) is 2.90. The Hall–Kier alpha value is -2.35. The minimum absolute atomic E-state index is 0.0846. The van der Waals surface area contributed by atoms with Crippen molar-refractivity contribution in [2.45, 2.75) is 32.4 Å². The molecule has 4 nitrogen and oxygen atoms in total. The highest BCUT2D eigenvalue weighted by atomic mass is 32.1. The summed E-state index contributed by atoms with van der Waals surface area (Å²) in [6.07, 6.45) is -1.93. The molecular formula is C18H16F3NO3S.